The Balaban J connectivity index is 1.46. The number of hydrogen-bond donors (Lipinski definition) is 1. The second-order valence-corrected chi connectivity index (χ2v) is 9.43. The number of nitrogens with zero attached hydrogens (tertiary/aromatic N) is 2. The van der Waals surface area contributed by atoms with Gasteiger partial charge >= 0.3 is 0 Å². The van der Waals surface area contributed by atoms with E-state index in [9.17, 15) is 14.4 Å². The van der Waals surface area contributed by atoms with Gasteiger partial charge in [0.1, 0.15) is 17.5 Å². The first-order chi connectivity index (χ1) is 17.5. The maximum atomic E-state index is 13.6. The zero-order chi connectivity index (χ0) is 25.5. The van der Waals surface area contributed by atoms with Crippen LogP contribution in [0, 0.1) is 5.92 Å². The van der Waals surface area contributed by atoms with Crippen LogP contribution in [0.25, 0.3) is 0 Å². The largest absolute Gasteiger partial charge is 0.497 e. The van der Waals surface area contributed by atoms with Crippen LogP contribution in [0.5, 0.6) is 11.5 Å². The van der Waals surface area contributed by atoms with Gasteiger partial charge in [-0.3, -0.25) is 14.4 Å². The molecule has 1 unspecified atom stereocenters. The van der Waals surface area contributed by atoms with Crippen LogP contribution in [-0.2, 0) is 4.79 Å². The maximum Gasteiger partial charge on any atom is 0.253 e. The average Bonchev–Trinajstić information content (AvgIpc) is 2.95. The maximum absolute atomic E-state index is 13.6. The third-order valence-electron chi connectivity index (χ3n) is 7.19. The lowest BCUT2D eigenvalue weighted by molar-refractivity contribution is -0.136. The molecule has 8 nitrogen and oxygen atoms in total. The highest BCUT2D eigenvalue weighted by atomic mass is 16.5. The first kappa shape index (κ1) is 25.5. The summed E-state index contributed by atoms with van der Waals surface area (Å²) in [6.07, 6.45) is 4.37. The van der Waals surface area contributed by atoms with Gasteiger partial charge in [-0.2, -0.15) is 0 Å². The summed E-state index contributed by atoms with van der Waals surface area (Å²) in [5.41, 5.74) is 1.07. The number of ether oxygens (including phenoxy) is 2. The second-order valence-electron chi connectivity index (χ2n) is 9.43. The Labute approximate surface area is 212 Å². The van der Waals surface area contributed by atoms with Crippen LogP contribution in [0.3, 0.4) is 0 Å². The van der Waals surface area contributed by atoms with Gasteiger partial charge in [0.25, 0.3) is 11.8 Å². The first-order valence-corrected chi connectivity index (χ1v) is 12.7. The number of rotatable bonds is 7. The lowest BCUT2D eigenvalue weighted by Crippen LogP contribution is -2.55. The van der Waals surface area contributed by atoms with E-state index in [1.165, 1.54) is 0 Å². The van der Waals surface area contributed by atoms with Crippen molar-refractivity contribution in [3.63, 3.8) is 0 Å². The zero-order valence-corrected chi connectivity index (χ0v) is 21.1. The highest BCUT2D eigenvalue weighted by molar-refractivity contribution is 5.98. The van der Waals surface area contributed by atoms with Gasteiger partial charge in [-0.1, -0.05) is 6.07 Å². The van der Waals surface area contributed by atoms with Crippen LogP contribution < -0.4 is 14.8 Å². The number of piperidine rings is 2. The molecule has 0 radical (unpaired) electrons. The third kappa shape index (κ3) is 5.98. The van der Waals surface area contributed by atoms with Crippen molar-refractivity contribution in [1.82, 2.24) is 15.1 Å². The summed E-state index contributed by atoms with van der Waals surface area (Å²) in [7, 11) is 3.15. The standard InChI is InChI=1S/C28H35N3O5/c1-35-23-11-9-21(10-12-23)27(33)31-17-13-20(14-18-31)25(28(34)30-15-4-3-5-16-30)29-26(32)22-7-6-8-24(19-22)36-2/h6-12,19-20,25H,3-5,13-18H2,1-2H3,(H,29,32). The molecule has 0 spiro atoms. The number of carbonyl (C=O) groups is 3. The highest BCUT2D eigenvalue weighted by Crippen LogP contribution is 2.25. The van der Waals surface area contributed by atoms with E-state index in [4.69, 9.17) is 9.47 Å². The number of nitrogens with one attached hydrogen (secondary N) is 1. The van der Waals surface area contributed by atoms with E-state index in [1.54, 1.807) is 62.8 Å². The normalized spacial score (nSPS) is 17.3. The van der Waals surface area contributed by atoms with Gasteiger partial charge < -0.3 is 24.6 Å². The third-order valence-corrected chi connectivity index (χ3v) is 7.19. The Hall–Kier alpha value is -3.55. The minimum absolute atomic E-state index is 0.0223. The first-order valence-electron chi connectivity index (χ1n) is 12.7. The molecule has 2 aromatic carbocycles. The van der Waals surface area contributed by atoms with E-state index in [0.29, 0.717) is 48.6 Å². The molecule has 36 heavy (non-hydrogen) atoms. The Morgan fingerprint density at radius 3 is 2.11 bits per heavy atom. The Morgan fingerprint density at radius 2 is 1.47 bits per heavy atom. The van der Waals surface area contributed by atoms with Gasteiger partial charge in [-0.15, -0.1) is 0 Å². The fourth-order valence-corrected chi connectivity index (χ4v) is 5.03. The predicted octanol–water partition coefficient (Wildman–Crippen LogP) is 3.37. The van der Waals surface area contributed by atoms with E-state index in [1.807, 2.05) is 9.80 Å². The molecule has 0 aliphatic carbocycles. The number of amides is 3. The molecule has 2 aliphatic heterocycles. The van der Waals surface area contributed by atoms with Crippen molar-refractivity contribution in [2.75, 3.05) is 40.4 Å². The van der Waals surface area contributed by atoms with Crippen LogP contribution in [0.4, 0.5) is 0 Å². The van der Waals surface area contributed by atoms with Crippen LogP contribution in [0.15, 0.2) is 48.5 Å². The van der Waals surface area contributed by atoms with Gasteiger partial charge in [0.15, 0.2) is 0 Å². The summed E-state index contributed by atoms with van der Waals surface area (Å²) in [6.45, 7) is 2.51. The summed E-state index contributed by atoms with van der Waals surface area (Å²) in [6, 6.07) is 13.4. The number of methoxy groups -OCH3 is 2. The summed E-state index contributed by atoms with van der Waals surface area (Å²) in [4.78, 5) is 43.4. The van der Waals surface area contributed by atoms with Crippen molar-refractivity contribution < 1.29 is 23.9 Å². The van der Waals surface area contributed by atoms with E-state index in [0.717, 1.165) is 32.4 Å². The van der Waals surface area contributed by atoms with Gasteiger partial charge in [0.2, 0.25) is 5.91 Å². The molecule has 1 atom stereocenters. The zero-order valence-electron chi connectivity index (χ0n) is 21.1. The Kier molecular flexibility index (Phi) is 8.46. The van der Waals surface area contributed by atoms with Crippen molar-refractivity contribution >= 4 is 17.7 Å². The van der Waals surface area contributed by atoms with Crippen molar-refractivity contribution in [2.24, 2.45) is 5.92 Å². The monoisotopic (exact) mass is 493 g/mol. The Morgan fingerprint density at radius 1 is 0.806 bits per heavy atom. The lowest BCUT2D eigenvalue weighted by Gasteiger charge is -2.38. The van der Waals surface area contributed by atoms with Gasteiger partial charge in [0.05, 0.1) is 14.2 Å². The highest BCUT2D eigenvalue weighted by Gasteiger charge is 2.36. The topological polar surface area (TPSA) is 88.2 Å². The van der Waals surface area contributed by atoms with Crippen molar-refractivity contribution in [3.8, 4) is 11.5 Å². The summed E-state index contributed by atoms with van der Waals surface area (Å²) >= 11 is 0. The molecule has 2 heterocycles. The molecular weight excluding hydrogens is 458 g/mol. The van der Waals surface area contributed by atoms with Crippen molar-refractivity contribution in [2.45, 2.75) is 38.1 Å². The molecule has 0 bridgehead atoms. The molecule has 2 saturated heterocycles. The van der Waals surface area contributed by atoms with Crippen LogP contribution in [0.1, 0.15) is 52.8 Å². The Bertz CT molecular complexity index is 1060. The summed E-state index contributed by atoms with van der Waals surface area (Å²) < 4.78 is 10.4. The molecule has 2 aromatic rings. The fourth-order valence-electron chi connectivity index (χ4n) is 5.03. The molecular formula is C28H35N3O5. The molecule has 0 saturated carbocycles. The molecule has 192 valence electrons. The van der Waals surface area contributed by atoms with Crippen molar-refractivity contribution in [3.05, 3.63) is 59.7 Å². The molecule has 2 fully saturated rings. The average molecular weight is 494 g/mol. The number of likely N-dealkylation sites (tertiary alicyclic amines) is 2. The fraction of sp³-hybridized carbons (Fsp3) is 0.464. The SMILES string of the molecule is COc1ccc(C(=O)N2CCC(C(NC(=O)c3cccc(OC)c3)C(=O)N3CCCCC3)CC2)cc1. The molecule has 0 aromatic heterocycles. The van der Waals surface area contributed by atoms with E-state index < -0.39 is 6.04 Å². The van der Waals surface area contributed by atoms with Crippen molar-refractivity contribution in [1.29, 1.82) is 0 Å². The van der Waals surface area contributed by atoms with Gasteiger partial charge in [0, 0.05) is 37.3 Å². The lowest BCUT2D eigenvalue weighted by atomic mass is 9.87. The minimum Gasteiger partial charge on any atom is -0.497 e. The predicted molar refractivity (Wildman–Crippen MR) is 136 cm³/mol. The summed E-state index contributed by atoms with van der Waals surface area (Å²) in [5, 5.41) is 3.04. The summed E-state index contributed by atoms with van der Waals surface area (Å²) in [5.74, 6) is 0.902. The van der Waals surface area contributed by atoms with Crippen LogP contribution >= 0.6 is 0 Å². The van der Waals surface area contributed by atoms with E-state index >= 15 is 0 Å². The smallest absolute Gasteiger partial charge is 0.253 e. The molecule has 3 amide bonds. The number of carbonyl (C=O) groups excluding carboxylic acids is 3. The molecule has 1 N–H and O–H groups in total. The van der Waals surface area contributed by atoms with Crippen LogP contribution in [0.2, 0.25) is 0 Å². The number of hydrogen-bond acceptors (Lipinski definition) is 5. The van der Waals surface area contributed by atoms with E-state index in [-0.39, 0.29) is 23.6 Å². The minimum atomic E-state index is -0.625. The number of benzene rings is 2. The molecule has 4 rings (SSSR count). The van der Waals surface area contributed by atoms with E-state index in [2.05, 4.69) is 5.32 Å². The van der Waals surface area contributed by atoms with Gasteiger partial charge in [-0.05, 0) is 80.5 Å². The molecule has 2 aliphatic rings. The quantitative estimate of drug-likeness (QED) is 0.639. The molecule has 8 heteroatoms. The van der Waals surface area contributed by atoms with Gasteiger partial charge in [-0.25, -0.2) is 0 Å². The second kappa shape index (κ2) is 11.9. The van der Waals surface area contributed by atoms with Crippen LogP contribution in [-0.4, -0.2) is 74.0 Å².